The summed E-state index contributed by atoms with van der Waals surface area (Å²) in [6.45, 7) is 10.5. The largest absolute Gasteiger partial charge is 0.378 e. The molecule has 118 valence electrons. The van der Waals surface area contributed by atoms with E-state index in [2.05, 4.69) is 48.3 Å². The van der Waals surface area contributed by atoms with E-state index in [0.717, 1.165) is 45.8 Å². The van der Waals surface area contributed by atoms with Gasteiger partial charge in [-0.2, -0.15) is 0 Å². The first-order chi connectivity index (χ1) is 10.3. The van der Waals surface area contributed by atoms with Gasteiger partial charge in [0, 0.05) is 19.1 Å². The van der Waals surface area contributed by atoms with Crippen LogP contribution in [0.2, 0.25) is 0 Å². The Hall–Kier alpha value is -0.900. The van der Waals surface area contributed by atoms with Crippen LogP contribution in [-0.4, -0.2) is 43.8 Å². The van der Waals surface area contributed by atoms with Gasteiger partial charge in [0.05, 0.1) is 13.2 Å². The minimum Gasteiger partial charge on any atom is -0.378 e. The number of morpholine rings is 1. The Labute approximate surface area is 129 Å². The molecule has 1 saturated heterocycles. The molecule has 1 aliphatic heterocycles. The minimum atomic E-state index is 0.580. The maximum atomic E-state index is 5.58. The maximum absolute atomic E-state index is 5.58. The van der Waals surface area contributed by atoms with Gasteiger partial charge >= 0.3 is 0 Å². The van der Waals surface area contributed by atoms with Crippen LogP contribution < -0.4 is 5.32 Å². The van der Waals surface area contributed by atoms with Crippen molar-refractivity contribution in [3.63, 3.8) is 0 Å². The van der Waals surface area contributed by atoms with Gasteiger partial charge in [0.1, 0.15) is 0 Å². The summed E-state index contributed by atoms with van der Waals surface area (Å²) in [5.74, 6) is 0. The van der Waals surface area contributed by atoms with Gasteiger partial charge in [-0.15, -0.1) is 0 Å². The van der Waals surface area contributed by atoms with Gasteiger partial charge < -0.3 is 10.1 Å². The summed E-state index contributed by atoms with van der Waals surface area (Å²) in [5.41, 5.74) is 2.84. The molecule has 3 nitrogen and oxygen atoms in total. The summed E-state index contributed by atoms with van der Waals surface area (Å²) < 4.78 is 5.58. The zero-order valence-corrected chi connectivity index (χ0v) is 13.6. The molecule has 1 atom stereocenters. The van der Waals surface area contributed by atoms with E-state index in [9.17, 15) is 0 Å². The molecule has 1 N–H and O–H groups in total. The van der Waals surface area contributed by atoms with Crippen LogP contribution in [0.5, 0.6) is 0 Å². The Bertz CT molecular complexity index is 391. The molecule has 0 bridgehead atoms. The Balaban J connectivity index is 1.81. The minimum absolute atomic E-state index is 0.580. The van der Waals surface area contributed by atoms with E-state index in [1.165, 1.54) is 24.0 Å². The highest BCUT2D eigenvalue weighted by atomic mass is 16.5. The van der Waals surface area contributed by atoms with Crippen molar-refractivity contribution >= 4 is 0 Å². The van der Waals surface area contributed by atoms with Crippen LogP contribution in [0.1, 0.15) is 37.8 Å². The zero-order chi connectivity index (χ0) is 14.9. The first-order valence-electron chi connectivity index (χ1n) is 8.43. The molecule has 3 heteroatoms. The molecule has 0 saturated carbocycles. The monoisotopic (exact) mass is 290 g/mol. The van der Waals surface area contributed by atoms with Gasteiger partial charge in [0.15, 0.2) is 0 Å². The van der Waals surface area contributed by atoms with Crippen molar-refractivity contribution in [1.82, 2.24) is 10.2 Å². The van der Waals surface area contributed by atoms with Crippen LogP contribution in [0.25, 0.3) is 0 Å². The Morgan fingerprint density at radius 3 is 2.62 bits per heavy atom. The number of benzene rings is 1. The molecule has 2 rings (SSSR count). The molecule has 1 aromatic rings. The van der Waals surface area contributed by atoms with Crippen LogP contribution in [0.3, 0.4) is 0 Å². The maximum Gasteiger partial charge on any atom is 0.0622 e. The second-order valence-corrected chi connectivity index (χ2v) is 5.92. The Morgan fingerprint density at radius 1 is 1.14 bits per heavy atom. The molecule has 1 fully saturated rings. The van der Waals surface area contributed by atoms with Crippen LogP contribution in [0.15, 0.2) is 24.3 Å². The van der Waals surface area contributed by atoms with Crippen molar-refractivity contribution in [3.8, 4) is 0 Å². The summed E-state index contributed by atoms with van der Waals surface area (Å²) in [5, 5.41) is 3.46. The van der Waals surface area contributed by atoms with Crippen molar-refractivity contribution in [2.24, 2.45) is 0 Å². The summed E-state index contributed by atoms with van der Waals surface area (Å²) in [4.78, 5) is 2.56. The average molecular weight is 290 g/mol. The fraction of sp³-hybridized carbons (Fsp3) is 0.667. The predicted octanol–water partition coefficient (Wildman–Crippen LogP) is 2.84. The van der Waals surface area contributed by atoms with Crippen LogP contribution in [0, 0.1) is 0 Å². The van der Waals surface area contributed by atoms with Crippen molar-refractivity contribution < 1.29 is 4.74 Å². The fourth-order valence-electron chi connectivity index (χ4n) is 2.85. The summed E-state index contributed by atoms with van der Waals surface area (Å²) in [6.07, 6.45) is 3.49. The predicted molar refractivity (Wildman–Crippen MR) is 88.6 cm³/mol. The number of ether oxygens (including phenoxy) is 1. The topological polar surface area (TPSA) is 24.5 Å². The lowest BCUT2D eigenvalue weighted by atomic mass is 10.1. The third-order valence-electron chi connectivity index (χ3n) is 4.25. The summed E-state index contributed by atoms with van der Waals surface area (Å²) in [6, 6.07) is 9.72. The molecule has 1 aliphatic rings. The number of nitrogens with zero attached hydrogens (tertiary/aromatic N) is 1. The lowest BCUT2D eigenvalue weighted by Crippen LogP contribution is -2.44. The van der Waals surface area contributed by atoms with Crippen molar-refractivity contribution in [1.29, 1.82) is 0 Å². The molecular formula is C18H30N2O. The number of nitrogens with one attached hydrogen (secondary N) is 1. The van der Waals surface area contributed by atoms with Crippen molar-refractivity contribution in [2.45, 2.75) is 45.7 Å². The summed E-state index contributed by atoms with van der Waals surface area (Å²) in [7, 11) is 0. The van der Waals surface area contributed by atoms with E-state index in [-0.39, 0.29) is 0 Å². The zero-order valence-electron chi connectivity index (χ0n) is 13.6. The molecular weight excluding hydrogens is 260 g/mol. The third kappa shape index (κ3) is 5.42. The molecule has 0 aliphatic carbocycles. The SMILES string of the molecule is CCCNCCc1ccc(CN2CCOCC2CC)cc1. The Morgan fingerprint density at radius 2 is 1.90 bits per heavy atom. The van der Waals surface area contributed by atoms with Gasteiger partial charge in [-0.3, -0.25) is 4.90 Å². The number of rotatable bonds is 8. The highest BCUT2D eigenvalue weighted by molar-refractivity contribution is 5.23. The third-order valence-corrected chi connectivity index (χ3v) is 4.25. The molecule has 1 heterocycles. The van der Waals surface area contributed by atoms with Gasteiger partial charge in [-0.25, -0.2) is 0 Å². The first-order valence-corrected chi connectivity index (χ1v) is 8.43. The van der Waals surface area contributed by atoms with E-state index >= 15 is 0 Å². The smallest absolute Gasteiger partial charge is 0.0622 e. The van der Waals surface area contributed by atoms with E-state index in [1.807, 2.05) is 0 Å². The highest BCUT2D eigenvalue weighted by Gasteiger charge is 2.21. The quantitative estimate of drug-likeness (QED) is 0.745. The number of hydrogen-bond donors (Lipinski definition) is 1. The summed E-state index contributed by atoms with van der Waals surface area (Å²) >= 11 is 0. The molecule has 0 spiro atoms. The van der Waals surface area contributed by atoms with E-state index in [4.69, 9.17) is 4.74 Å². The standard InChI is InChI=1S/C18H30N2O/c1-3-10-19-11-9-16-5-7-17(8-6-16)14-20-12-13-21-15-18(20)4-2/h5-8,18-19H,3-4,9-15H2,1-2H3. The van der Waals surface area contributed by atoms with Crippen LogP contribution in [0.4, 0.5) is 0 Å². The first kappa shape index (κ1) is 16.5. The Kier molecular flexibility index (Phi) is 7.20. The normalized spacial score (nSPS) is 19.8. The molecule has 0 amide bonds. The fourth-order valence-corrected chi connectivity index (χ4v) is 2.85. The lowest BCUT2D eigenvalue weighted by molar-refractivity contribution is -0.0127. The van der Waals surface area contributed by atoms with Crippen LogP contribution >= 0.6 is 0 Å². The van der Waals surface area contributed by atoms with Crippen molar-refractivity contribution in [2.75, 3.05) is 32.8 Å². The van der Waals surface area contributed by atoms with Gasteiger partial charge in [0.25, 0.3) is 0 Å². The second-order valence-electron chi connectivity index (χ2n) is 5.92. The van der Waals surface area contributed by atoms with E-state index in [1.54, 1.807) is 0 Å². The molecule has 0 radical (unpaired) electrons. The van der Waals surface area contributed by atoms with Crippen LogP contribution in [-0.2, 0) is 17.7 Å². The molecule has 1 unspecified atom stereocenters. The molecule has 1 aromatic carbocycles. The van der Waals surface area contributed by atoms with Crippen molar-refractivity contribution in [3.05, 3.63) is 35.4 Å². The average Bonchev–Trinajstić information content (AvgIpc) is 2.54. The second kappa shape index (κ2) is 9.19. The highest BCUT2D eigenvalue weighted by Crippen LogP contribution is 2.15. The molecule has 0 aromatic heterocycles. The van der Waals surface area contributed by atoms with E-state index in [0.29, 0.717) is 6.04 Å². The van der Waals surface area contributed by atoms with Gasteiger partial charge in [-0.05, 0) is 43.5 Å². The number of hydrogen-bond acceptors (Lipinski definition) is 3. The molecule has 21 heavy (non-hydrogen) atoms. The lowest BCUT2D eigenvalue weighted by Gasteiger charge is -2.35. The van der Waals surface area contributed by atoms with Gasteiger partial charge in [-0.1, -0.05) is 38.1 Å². The van der Waals surface area contributed by atoms with E-state index < -0.39 is 0 Å². The van der Waals surface area contributed by atoms with Gasteiger partial charge in [0.2, 0.25) is 0 Å².